The van der Waals surface area contributed by atoms with Gasteiger partial charge < -0.3 is 10.1 Å². The molecule has 3 nitrogen and oxygen atoms in total. The van der Waals surface area contributed by atoms with Gasteiger partial charge in [0.25, 0.3) is 0 Å². The van der Waals surface area contributed by atoms with Gasteiger partial charge in [0.05, 0.1) is 4.90 Å². The quantitative estimate of drug-likeness (QED) is 0.716. The van der Waals surface area contributed by atoms with E-state index >= 15 is 0 Å². The van der Waals surface area contributed by atoms with E-state index in [1.54, 1.807) is 18.2 Å². The van der Waals surface area contributed by atoms with Gasteiger partial charge in [-0.1, -0.05) is 41.1 Å². The summed E-state index contributed by atoms with van der Waals surface area (Å²) in [7, 11) is 0. The van der Waals surface area contributed by atoms with Gasteiger partial charge >= 0.3 is 5.97 Å². The molecule has 0 fully saturated rings. The number of rotatable bonds is 3. The first-order valence-electron chi connectivity index (χ1n) is 6.33. The molecule has 0 spiro atoms. The molecule has 3 rings (SSSR count). The van der Waals surface area contributed by atoms with E-state index < -0.39 is 5.97 Å². The van der Waals surface area contributed by atoms with E-state index in [1.807, 2.05) is 31.2 Å². The molecule has 1 aromatic heterocycles. The molecule has 2 aromatic carbocycles. The van der Waals surface area contributed by atoms with Crippen LogP contribution >= 0.6 is 23.4 Å². The summed E-state index contributed by atoms with van der Waals surface area (Å²) in [6.45, 7) is 2.02. The number of hydrogen-bond donors (Lipinski definition) is 2. The Balaban J connectivity index is 2.14. The first kappa shape index (κ1) is 14.0. The molecule has 0 bridgehead atoms. The summed E-state index contributed by atoms with van der Waals surface area (Å²) >= 11 is 7.46. The molecule has 5 heteroatoms. The fourth-order valence-corrected chi connectivity index (χ4v) is 3.32. The summed E-state index contributed by atoms with van der Waals surface area (Å²) in [6, 6.07) is 13.3. The number of aromatic nitrogens is 1. The zero-order valence-corrected chi connectivity index (χ0v) is 12.8. The zero-order valence-electron chi connectivity index (χ0n) is 11.2. The van der Waals surface area contributed by atoms with Crippen LogP contribution in [0.1, 0.15) is 16.1 Å². The molecule has 0 aliphatic rings. The van der Waals surface area contributed by atoms with Crippen molar-refractivity contribution in [1.82, 2.24) is 4.98 Å². The van der Waals surface area contributed by atoms with Crippen molar-refractivity contribution >= 4 is 40.2 Å². The highest BCUT2D eigenvalue weighted by Gasteiger charge is 2.18. The number of aromatic carboxylic acids is 1. The van der Waals surface area contributed by atoms with E-state index in [1.165, 1.54) is 17.3 Å². The summed E-state index contributed by atoms with van der Waals surface area (Å²) < 4.78 is 0. The Morgan fingerprint density at radius 3 is 2.57 bits per heavy atom. The van der Waals surface area contributed by atoms with Gasteiger partial charge in [0, 0.05) is 20.8 Å². The van der Waals surface area contributed by atoms with Crippen LogP contribution in [-0.4, -0.2) is 16.1 Å². The predicted molar refractivity (Wildman–Crippen MR) is 85.6 cm³/mol. The smallest absolute Gasteiger partial charge is 0.353 e. The van der Waals surface area contributed by atoms with Crippen molar-refractivity contribution in [3.63, 3.8) is 0 Å². The highest BCUT2D eigenvalue weighted by atomic mass is 35.5. The minimum atomic E-state index is -0.975. The lowest BCUT2D eigenvalue weighted by Crippen LogP contribution is -1.97. The molecule has 0 unspecified atom stereocenters. The van der Waals surface area contributed by atoms with Crippen LogP contribution in [0.25, 0.3) is 10.9 Å². The topological polar surface area (TPSA) is 53.1 Å². The van der Waals surface area contributed by atoms with E-state index in [0.29, 0.717) is 9.92 Å². The van der Waals surface area contributed by atoms with E-state index in [4.69, 9.17) is 11.6 Å². The molecule has 0 saturated carbocycles. The van der Waals surface area contributed by atoms with Gasteiger partial charge in [0.1, 0.15) is 5.69 Å². The molecule has 21 heavy (non-hydrogen) atoms. The number of halogens is 1. The Labute approximate surface area is 130 Å². The van der Waals surface area contributed by atoms with Crippen molar-refractivity contribution in [2.24, 2.45) is 0 Å². The van der Waals surface area contributed by atoms with Crippen molar-refractivity contribution < 1.29 is 9.90 Å². The summed E-state index contributed by atoms with van der Waals surface area (Å²) in [4.78, 5) is 16.1. The Hall–Kier alpha value is -1.91. The van der Waals surface area contributed by atoms with Crippen molar-refractivity contribution in [3.8, 4) is 0 Å². The number of carboxylic acid groups (broad SMARTS) is 1. The molecule has 3 aromatic rings. The van der Waals surface area contributed by atoms with E-state index in [2.05, 4.69) is 4.98 Å². The van der Waals surface area contributed by atoms with Crippen LogP contribution in [0.4, 0.5) is 0 Å². The van der Waals surface area contributed by atoms with Crippen molar-refractivity contribution in [2.45, 2.75) is 16.7 Å². The predicted octanol–water partition coefficient (Wildman–Crippen LogP) is 4.98. The van der Waals surface area contributed by atoms with Crippen molar-refractivity contribution in [2.75, 3.05) is 0 Å². The van der Waals surface area contributed by atoms with Gasteiger partial charge in [-0.15, -0.1) is 0 Å². The third-order valence-electron chi connectivity index (χ3n) is 3.17. The number of aryl methyl sites for hydroxylation is 1. The fraction of sp³-hybridized carbons (Fsp3) is 0.0625. The lowest BCUT2D eigenvalue weighted by molar-refractivity contribution is 0.0688. The van der Waals surface area contributed by atoms with Crippen LogP contribution in [0.5, 0.6) is 0 Å². The largest absolute Gasteiger partial charge is 0.477 e. The Kier molecular flexibility index (Phi) is 3.66. The summed E-state index contributed by atoms with van der Waals surface area (Å²) in [6.07, 6.45) is 0. The highest BCUT2D eigenvalue weighted by Crippen LogP contribution is 2.37. The monoisotopic (exact) mass is 317 g/mol. The number of carbonyl (C=O) groups is 1. The number of benzene rings is 2. The Morgan fingerprint density at radius 1 is 1.19 bits per heavy atom. The third kappa shape index (κ3) is 2.77. The number of carboxylic acids is 1. The Morgan fingerprint density at radius 2 is 1.90 bits per heavy atom. The number of aromatic amines is 1. The molecule has 0 radical (unpaired) electrons. The molecule has 0 saturated heterocycles. The standard InChI is InChI=1S/C16H12ClNO2S/c1-9-2-5-11(6-3-9)21-15-12-8-10(17)4-7-13(12)18-14(15)16(19)20/h2-8,18H,1H3,(H,19,20). The van der Waals surface area contributed by atoms with Gasteiger partial charge in [-0.05, 0) is 37.3 Å². The van der Waals surface area contributed by atoms with E-state index in [9.17, 15) is 9.90 Å². The highest BCUT2D eigenvalue weighted by molar-refractivity contribution is 7.99. The second-order valence-corrected chi connectivity index (χ2v) is 6.26. The van der Waals surface area contributed by atoms with E-state index in [0.717, 1.165) is 15.8 Å². The van der Waals surface area contributed by atoms with Crippen molar-refractivity contribution in [1.29, 1.82) is 0 Å². The minimum Gasteiger partial charge on any atom is -0.477 e. The number of hydrogen-bond acceptors (Lipinski definition) is 2. The molecule has 0 amide bonds. The van der Waals surface area contributed by atoms with Crippen LogP contribution in [0, 0.1) is 6.92 Å². The second-order valence-electron chi connectivity index (χ2n) is 4.74. The fourth-order valence-electron chi connectivity index (χ4n) is 2.12. The van der Waals surface area contributed by atoms with Crippen LogP contribution < -0.4 is 0 Å². The van der Waals surface area contributed by atoms with Crippen LogP contribution in [0.3, 0.4) is 0 Å². The van der Waals surface area contributed by atoms with Crippen LogP contribution in [-0.2, 0) is 0 Å². The first-order valence-corrected chi connectivity index (χ1v) is 7.53. The average Bonchev–Trinajstić information content (AvgIpc) is 2.80. The Bertz CT molecular complexity index is 824. The molecular formula is C16H12ClNO2S. The summed E-state index contributed by atoms with van der Waals surface area (Å²) in [5.74, 6) is -0.975. The van der Waals surface area contributed by atoms with Crippen molar-refractivity contribution in [3.05, 3.63) is 58.7 Å². The maximum absolute atomic E-state index is 11.4. The average molecular weight is 318 g/mol. The molecule has 106 valence electrons. The lowest BCUT2D eigenvalue weighted by atomic mass is 10.2. The number of nitrogens with one attached hydrogen (secondary N) is 1. The molecule has 0 aliphatic heterocycles. The molecular weight excluding hydrogens is 306 g/mol. The maximum atomic E-state index is 11.4. The zero-order chi connectivity index (χ0) is 15.0. The minimum absolute atomic E-state index is 0.192. The molecule has 0 aliphatic carbocycles. The second kappa shape index (κ2) is 5.47. The van der Waals surface area contributed by atoms with Gasteiger partial charge in [0.2, 0.25) is 0 Å². The third-order valence-corrected chi connectivity index (χ3v) is 4.54. The van der Waals surface area contributed by atoms with Gasteiger partial charge in [-0.3, -0.25) is 0 Å². The van der Waals surface area contributed by atoms with Gasteiger partial charge in [0.15, 0.2) is 0 Å². The maximum Gasteiger partial charge on any atom is 0.353 e. The van der Waals surface area contributed by atoms with Gasteiger partial charge in [-0.2, -0.15) is 0 Å². The summed E-state index contributed by atoms with van der Waals surface area (Å²) in [5, 5.41) is 10.8. The van der Waals surface area contributed by atoms with E-state index in [-0.39, 0.29) is 5.69 Å². The number of H-pyrrole nitrogens is 1. The normalized spacial score (nSPS) is 11.0. The molecule has 2 N–H and O–H groups in total. The molecule has 1 heterocycles. The summed E-state index contributed by atoms with van der Waals surface area (Å²) in [5.41, 5.74) is 2.13. The molecule has 0 atom stereocenters. The van der Waals surface area contributed by atoms with Crippen LogP contribution in [0.15, 0.2) is 52.3 Å². The van der Waals surface area contributed by atoms with Gasteiger partial charge in [-0.25, -0.2) is 4.79 Å². The lowest BCUT2D eigenvalue weighted by Gasteiger charge is -2.03. The SMILES string of the molecule is Cc1ccc(Sc2c(C(=O)O)[nH]c3ccc(Cl)cc23)cc1. The van der Waals surface area contributed by atoms with Crippen LogP contribution in [0.2, 0.25) is 5.02 Å². The number of fused-ring (bicyclic) bond motifs is 1. The first-order chi connectivity index (χ1) is 10.0.